The third-order valence-electron chi connectivity index (χ3n) is 4.53. The van der Waals surface area contributed by atoms with Crippen LogP contribution in [0.2, 0.25) is 0 Å². The molecule has 0 unspecified atom stereocenters. The third-order valence-corrected chi connectivity index (χ3v) is 4.53. The lowest BCUT2D eigenvalue weighted by atomic mass is 9.78. The van der Waals surface area contributed by atoms with Gasteiger partial charge in [-0.15, -0.1) is 0 Å². The Balaban J connectivity index is 2.09. The van der Waals surface area contributed by atoms with Crippen LogP contribution in [0.15, 0.2) is 12.1 Å². The topological polar surface area (TPSA) is 44.5 Å². The maximum Gasteiger partial charge on any atom is 0.123 e. The molecule has 1 aliphatic carbocycles. The number of rotatable bonds is 3. The molecule has 0 amide bonds. The average Bonchev–Trinajstić information content (AvgIpc) is 3.06. The maximum absolute atomic E-state index is 6.07. The largest absolute Gasteiger partial charge is 0.496 e. The zero-order valence-electron chi connectivity index (χ0n) is 11.0. The molecule has 0 radical (unpaired) electrons. The molecule has 0 saturated heterocycles. The van der Waals surface area contributed by atoms with Crippen molar-refractivity contribution >= 4 is 0 Å². The van der Waals surface area contributed by atoms with Crippen LogP contribution in [0, 0.1) is 0 Å². The van der Waals surface area contributed by atoms with E-state index in [1.807, 2.05) is 0 Å². The van der Waals surface area contributed by atoms with E-state index in [0.717, 1.165) is 24.5 Å². The Kier molecular flexibility index (Phi) is 2.94. The van der Waals surface area contributed by atoms with Crippen molar-refractivity contribution in [1.82, 2.24) is 0 Å². The van der Waals surface area contributed by atoms with Gasteiger partial charge in [0.1, 0.15) is 11.5 Å². The van der Waals surface area contributed by atoms with Crippen LogP contribution in [0.5, 0.6) is 11.5 Å². The summed E-state index contributed by atoms with van der Waals surface area (Å²) in [5.41, 5.74) is 8.70. The molecule has 1 aromatic rings. The fourth-order valence-corrected chi connectivity index (χ4v) is 3.42. The van der Waals surface area contributed by atoms with Gasteiger partial charge < -0.3 is 15.2 Å². The van der Waals surface area contributed by atoms with E-state index in [2.05, 4.69) is 12.1 Å². The normalized spacial score (nSPS) is 20.6. The number of hydrogen-bond acceptors (Lipinski definition) is 3. The summed E-state index contributed by atoms with van der Waals surface area (Å²) in [6, 6.07) is 4.33. The van der Waals surface area contributed by atoms with Crippen LogP contribution in [-0.4, -0.2) is 20.3 Å². The number of benzene rings is 1. The number of fused-ring (bicyclic) bond motifs is 1. The van der Waals surface area contributed by atoms with Gasteiger partial charge in [0.25, 0.3) is 0 Å². The minimum atomic E-state index is 0.103. The van der Waals surface area contributed by atoms with Crippen molar-refractivity contribution in [3.8, 4) is 11.5 Å². The van der Waals surface area contributed by atoms with E-state index in [1.54, 1.807) is 7.11 Å². The van der Waals surface area contributed by atoms with E-state index in [-0.39, 0.29) is 5.41 Å². The monoisotopic (exact) mass is 247 g/mol. The SMILES string of the molecule is COc1cc2c(cc1C1(CN)CCCC1)OCC2. The molecule has 3 nitrogen and oxygen atoms in total. The van der Waals surface area contributed by atoms with Crippen LogP contribution in [0.4, 0.5) is 0 Å². The predicted molar refractivity (Wildman–Crippen MR) is 71.4 cm³/mol. The van der Waals surface area contributed by atoms with Crippen molar-refractivity contribution in [3.05, 3.63) is 23.3 Å². The number of hydrogen-bond donors (Lipinski definition) is 1. The lowest BCUT2D eigenvalue weighted by Gasteiger charge is -2.30. The Morgan fingerprint density at radius 1 is 1.33 bits per heavy atom. The van der Waals surface area contributed by atoms with E-state index in [0.29, 0.717) is 6.54 Å². The average molecular weight is 247 g/mol. The zero-order valence-corrected chi connectivity index (χ0v) is 11.0. The molecule has 3 heteroatoms. The van der Waals surface area contributed by atoms with Crippen LogP contribution in [0.25, 0.3) is 0 Å². The standard InChI is InChI=1S/C15H21NO2/c1-17-14-8-11-4-7-18-13(11)9-12(14)15(10-16)5-2-3-6-15/h8-9H,2-7,10,16H2,1H3. The highest BCUT2D eigenvalue weighted by Gasteiger charge is 2.37. The molecular weight excluding hydrogens is 226 g/mol. The van der Waals surface area contributed by atoms with Gasteiger partial charge in [-0.25, -0.2) is 0 Å². The summed E-state index contributed by atoms with van der Waals surface area (Å²) in [5.74, 6) is 2.03. The molecular formula is C15H21NO2. The molecule has 1 fully saturated rings. The zero-order chi connectivity index (χ0) is 12.6. The molecule has 3 rings (SSSR count). The van der Waals surface area contributed by atoms with Crippen LogP contribution in [0.3, 0.4) is 0 Å². The van der Waals surface area contributed by atoms with Gasteiger partial charge in [-0.1, -0.05) is 12.8 Å². The van der Waals surface area contributed by atoms with Gasteiger partial charge in [-0.3, -0.25) is 0 Å². The van der Waals surface area contributed by atoms with Gasteiger partial charge in [0.2, 0.25) is 0 Å². The van der Waals surface area contributed by atoms with Crippen molar-refractivity contribution in [1.29, 1.82) is 0 Å². The van der Waals surface area contributed by atoms with Crippen molar-refractivity contribution in [2.45, 2.75) is 37.5 Å². The summed E-state index contributed by atoms with van der Waals surface area (Å²) >= 11 is 0. The molecule has 0 atom stereocenters. The summed E-state index contributed by atoms with van der Waals surface area (Å²) in [7, 11) is 1.75. The summed E-state index contributed by atoms with van der Waals surface area (Å²) in [4.78, 5) is 0. The first-order valence-corrected chi connectivity index (χ1v) is 6.83. The fraction of sp³-hybridized carbons (Fsp3) is 0.600. The van der Waals surface area contributed by atoms with E-state index >= 15 is 0 Å². The second kappa shape index (κ2) is 4.47. The lowest BCUT2D eigenvalue weighted by molar-refractivity contribution is 0.351. The first-order valence-electron chi connectivity index (χ1n) is 6.83. The van der Waals surface area contributed by atoms with Crippen LogP contribution < -0.4 is 15.2 Å². The summed E-state index contributed by atoms with van der Waals surface area (Å²) < 4.78 is 11.3. The molecule has 98 valence electrons. The number of ether oxygens (including phenoxy) is 2. The van der Waals surface area contributed by atoms with Crippen LogP contribution >= 0.6 is 0 Å². The molecule has 0 bridgehead atoms. The van der Waals surface area contributed by atoms with Gasteiger partial charge in [0.15, 0.2) is 0 Å². The molecule has 2 aliphatic rings. The van der Waals surface area contributed by atoms with Gasteiger partial charge in [0, 0.05) is 29.5 Å². The Labute approximate surface area is 108 Å². The highest BCUT2D eigenvalue weighted by atomic mass is 16.5. The summed E-state index contributed by atoms with van der Waals surface area (Å²) in [6.45, 7) is 1.49. The number of nitrogens with two attached hydrogens (primary N) is 1. The number of methoxy groups -OCH3 is 1. The van der Waals surface area contributed by atoms with Gasteiger partial charge in [-0.2, -0.15) is 0 Å². The molecule has 0 spiro atoms. The highest BCUT2D eigenvalue weighted by molar-refractivity contribution is 5.51. The molecule has 1 heterocycles. The molecule has 18 heavy (non-hydrogen) atoms. The Morgan fingerprint density at radius 2 is 2.11 bits per heavy atom. The lowest BCUT2D eigenvalue weighted by Crippen LogP contribution is -2.32. The summed E-state index contributed by atoms with van der Waals surface area (Å²) in [5, 5.41) is 0. The van der Waals surface area contributed by atoms with E-state index < -0.39 is 0 Å². The van der Waals surface area contributed by atoms with E-state index in [4.69, 9.17) is 15.2 Å². The fourth-order valence-electron chi connectivity index (χ4n) is 3.42. The van der Waals surface area contributed by atoms with Gasteiger partial charge in [0.05, 0.1) is 13.7 Å². The minimum absolute atomic E-state index is 0.103. The Bertz CT molecular complexity index is 450. The van der Waals surface area contributed by atoms with E-state index in [9.17, 15) is 0 Å². The minimum Gasteiger partial charge on any atom is -0.496 e. The molecule has 1 aliphatic heterocycles. The first-order chi connectivity index (χ1) is 8.79. The van der Waals surface area contributed by atoms with Gasteiger partial charge >= 0.3 is 0 Å². The first kappa shape index (κ1) is 11.8. The van der Waals surface area contributed by atoms with Crippen molar-refractivity contribution in [2.75, 3.05) is 20.3 Å². The third kappa shape index (κ3) is 1.69. The van der Waals surface area contributed by atoms with Gasteiger partial charge in [-0.05, 0) is 25.0 Å². The maximum atomic E-state index is 6.07. The molecule has 2 N–H and O–H groups in total. The second-order valence-electron chi connectivity index (χ2n) is 5.45. The quantitative estimate of drug-likeness (QED) is 0.892. The van der Waals surface area contributed by atoms with Crippen molar-refractivity contribution < 1.29 is 9.47 Å². The van der Waals surface area contributed by atoms with Crippen molar-refractivity contribution in [3.63, 3.8) is 0 Å². The molecule has 1 saturated carbocycles. The Morgan fingerprint density at radius 3 is 2.78 bits per heavy atom. The predicted octanol–water partition coefficient (Wildman–Crippen LogP) is 2.40. The Hall–Kier alpha value is -1.22. The highest BCUT2D eigenvalue weighted by Crippen LogP contribution is 2.46. The second-order valence-corrected chi connectivity index (χ2v) is 5.45. The molecule has 0 aromatic heterocycles. The van der Waals surface area contributed by atoms with Crippen LogP contribution in [0.1, 0.15) is 36.8 Å². The van der Waals surface area contributed by atoms with Crippen LogP contribution in [-0.2, 0) is 11.8 Å². The molecule has 1 aromatic carbocycles. The van der Waals surface area contributed by atoms with Crippen molar-refractivity contribution in [2.24, 2.45) is 5.73 Å². The smallest absolute Gasteiger partial charge is 0.123 e. The summed E-state index contributed by atoms with van der Waals surface area (Å²) in [6.07, 6.45) is 5.84. The van der Waals surface area contributed by atoms with E-state index in [1.165, 1.54) is 36.8 Å².